The molecule has 0 unspecified atom stereocenters. The van der Waals surface area contributed by atoms with Crippen molar-refractivity contribution in [1.29, 1.82) is 0 Å². The van der Waals surface area contributed by atoms with Crippen molar-refractivity contribution in [2.45, 2.75) is 29.7 Å². The summed E-state index contributed by atoms with van der Waals surface area (Å²) < 4.78 is 125. The maximum Gasteiger partial charge on any atom is 0.398 e. The Morgan fingerprint density at radius 3 is 1.44 bits per heavy atom. The quantitative estimate of drug-likeness (QED) is 0.538. The van der Waals surface area contributed by atoms with E-state index in [-0.39, 0.29) is 0 Å². The number of rotatable bonds is 0. The molecule has 0 saturated carbocycles. The minimum atomic E-state index is -7.15. The predicted octanol–water partition coefficient (Wildman–Crippen LogP) is 2.25. The van der Waals surface area contributed by atoms with Gasteiger partial charge in [-0.3, -0.25) is 10.1 Å². The molecule has 1 aliphatic heterocycles. The van der Waals surface area contributed by atoms with Crippen molar-refractivity contribution in [2.24, 2.45) is 0 Å². The van der Waals surface area contributed by atoms with Gasteiger partial charge in [-0.15, -0.1) is 0 Å². The minimum Gasteiger partial charge on any atom is -0.287 e. The third-order valence-electron chi connectivity index (χ3n) is 2.13. The highest BCUT2D eigenvalue weighted by Gasteiger charge is 2.90. The average molecular weight is 293 g/mol. The van der Waals surface area contributed by atoms with Crippen LogP contribution in [0, 0.1) is 0 Å². The van der Waals surface area contributed by atoms with Gasteiger partial charge in [0.2, 0.25) is 0 Å². The highest BCUT2D eigenvalue weighted by Crippen LogP contribution is 2.58. The van der Waals surface area contributed by atoms with Gasteiger partial charge in [-0.2, -0.15) is 43.9 Å². The number of carbonyl (C=O) groups excluding carboxylic acids is 1. The SMILES string of the molecule is O=C1NC(F)(F)C(F)(F)C(F)(F)C(F)(F)C1(F)F. The summed E-state index contributed by atoms with van der Waals surface area (Å²) >= 11 is 0. The Morgan fingerprint density at radius 2 is 1.06 bits per heavy atom. The third kappa shape index (κ3) is 1.34. The van der Waals surface area contributed by atoms with Crippen molar-refractivity contribution in [3.63, 3.8) is 0 Å². The number of alkyl halides is 10. The molecule has 0 aliphatic carbocycles. The molecule has 1 aliphatic rings. The molecular weight excluding hydrogens is 292 g/mol. The molecule has 0 aromatic rings. The van der Waals surface area contributed by atoms with Crippen LogP contribution in [-0.4, -0.2) is 35.6 Å². The molecule has 1 N–H and O–H groups in total. The van der Waals surface area contributed by atoms with E-state index in [2.05, 4.69) is 0 Å². The standard InChI is InChI=1S/C6HF10NO/c7-2(8)1(18)17-6(15,16)5(13,14)4(11,12)3(2,9)10/h(H,17,18). The molecule has 2 nitrogen and oxygen atoms in total. The Kier molecular flexibility index (Phi) is 2.64. The summed E-state index contributed by atoms with van der Waals surface area (Å²) in [5, 5.41) is -0.522. The van der Waals surface area contributed by atoms with Gasteiger partial charge in [-0.1, -0.05) is 0 Å². The van der Waals surface area contributed by atoms with Crippen LogP contribution in [0.1, 0.15) is 0 Å². The number of hydrogen-bond acceptors (Lipinski definition) is 1. The van der Waals surface area contributed by atoms with E-state index in [1.165, 1.54) is 0 Å². The molecule has 18 heavy (non-hydrogen) atoms. The number of nitrogens with one attached hydrogen (secondary N) is 1. The molecule has 12 heteroatoms. The molecule has 0 atom stereocenters. The van der Waals surface area contributed by atoms with Crippen molar-refractivity contribution in [3.05, 3.63) is 0 Å². The van der Waals surface area contributed by atoms with E-state index in [1.54, 1.807) is 0 Å². The van der Waals surface area contributed by atoms with Crippen LogP contribution in [0.2, 0.25) is 0 Å². The zero-order valence-electron chi connectivity index (χ0n) is 7.69. The molecule has 1 amide bonds. The molecule has 0 spiro atoms. The van der Waals surface area contributed by atoms with Crippen LogP contribution in [0.15, 0.2) is 0 Å². The van der Waals surface area contributed by atoms with Crippen molar-refractivity contribution >= 4 is 5.91 Å². The average Bonchev–Trinajstić information content (AvgIpc) is 2.15. The maximum absolute atomic E-state index is 12.5. The van der Waals surface area contributed by atoms with Crippen molar-refractivity contribution in [3.8, 4) is 0 Å². The second-order valence-corrected chi connectivity index (χ2v) is 3.33. The van der Waals surface area contributed by atoms with Crippen LogP contribution in [0.3, 0.4) is 0 Å². The summed E-state index contributed by atoms with van der Waals surface area (Å²) in [6.45, 7) is 0. The summed E-state index contributed by atoms with van der Waals surface area (Å²) in [6, 6.07) is -6.27. The van der Waals surface area contributed by atoms with E-state index in [1.807, 2.05) is 0 Å². The van der Waals surface area contributed by atoms with Gasteiger partial charge in [0, 0.05) is 0 Å². The van der Waals surface area contributed by atoms with Crippen LogP contribution in [-0.2, 0) is 4.79 Å². The summed E-state index contributed by atoms with van der Waals surface area (Å²) in [7, 11) is 0. The van der Waals surface area contributed by atoms with Crippen molar-refractivity contribution < 1.29 is 48.7 Å². The molecule has 1 fully saturated rings. The van der Waals surface area contributed by atoms with Gasteiger partial charge < -0.3 is 0 Å². The van der Waals surface area contributed by atoms with E-state index in [0.717, 1.165) is 0 Å². The Bertz CT molecular complexity index is 388. The van der Waals surface area contributed by atoms with Crippen LogP contribution in [0.25, 0.3) is 0 Å². The second kappa shape index (κ2) is 3.20. The van der Waals surface area contributed by atoms with Crippen LogP contribution >= 0.6 is 0 Å². The molecule has 1 saturated heterocycles. The first-order valence-corrected chi connectivity index (χ1v) is 3.84. The molecule has 1 heterocycles. The van der Waals surface area contributed by atoms with Crippen molar-refractivity contribution in [1.82, 2.24) is 5.32 Å². The van der Waals surface area contributed by atoms with E-state index < -0.39 is 41.0 Å². The first-order chi connectivity index (χ1) is 7.63. The summed E-state index contributed by atoms with van der Waals surface area (Å²) in [5.74, 6) is -31.1. The Labute approximate surface area is 90.9 Å². The smallest absolute Gasteiger partial charge is 0.287 e. The summed E-state index contributed by atoms with van der Waals surface area (Å²) in [6.07, 6.45) is 0. The minimum absolute atomic E-state index is 0.522. The number of carbonyl (C=O) groups is 1. The lowest BCUT2D eigenvalue weighted by Crippen LogP contribution is -2.65. The Balaban J connectivity index is 3.62. The molecule has 0 radical (unpaired) electrons. The van der Waals surface area contributed by atoms with Gasteiger partial charge >= 0.3 is 35.6 Å². The first kappa shape index (κ1) is 14.8. The zero-order chi connectivity index (χ0) is 14.8. The highest BCUT2D eigenvalue weighted by atomic mass is 19.4. The topological polar surface area (TPSA) is 29.1 Å². The van der Waals surface area contributed by atoms with E-state index >= 15 is 0 Å². The number of hydrogen-bond donors (Lipinski definition) is 1. The lowest BCUT2D eigenvalue weighted by Gasteiger charge is -2.33. The monoisotopic (exact) mass is 293 g/mol. The zero-order valence-corrected chi connectivity index (χ0v) is 7.69. The van der Waals surface area contributed by atoms with Gasteiger partial charge in [0.25, 0.3) is 0 Å². The highest BCUT2D eigenvalue weighted by molar-refractivity contribution is 5.86. The molecule has 0 aromatic heterocycles. The van der Waals surface area contributed by atoms with Gasteiger partial charge in [-0.05, 0) is 0 Å². The van der Waals surface area contributed by atoms with Gasteiger partial charge in [0.1, 0.15) is 0 Å². The Hall–Kier alpha value is -1.23. The summed E-state index contributed by atoms with van der Waals surface area (Å²) in [4.78, 5) is 10.3. The fourth-order valence-electron chi connectivity index (χ4n) is 1.03. The van der Waals surface area contributed by atoms with Crippen LogP contribution in [0.4, 0.5) is 43.9 Å². The largest absolute Gasteiger partial charge is 0.398 e. The van der Waals surface area contributed by atoms with E-state index in [9.17, 15) is 48.7 Å². The molecule has 106 valence electrons. The Morgan fingerprint density at radius 1 is 0.667 bits per heavy atom. The maximum atomic E-state index is 12.5. The number of halogens is 10. The van der Waals surface area contributed by atoms with Crippen molar-refractivity contribution in [2.75, 3.05) is 0 Å². The van der Waals surface area contributed by atoms with E-state index in [4.69, 9.17) is 0 Å². The second-order valence-electron chi connectivity index (χ2n) is 3.33. The number of amides is 1. The molecular formula is C6HF10NO. The first-order valence-electron chi connectivity index (χ1n) is 3.84. The van der Waals surface area contributed by atoms with Crippen LogP contribution in [0.5, 0.6) is 0 Å². The molecule has 0 aromatic carbocycles. The van der Waals surface area contributed by atoms with Gasteiger partial charge in [-0.25, -0.2) is 0 Å². The van der Waals surface area contributed by atoms with Gasteiger partial charge in [0.15, 0.2) is 0 Å². The van der Waals surface area contributed by atoms with Crippen LogP contribution < -0.4 is 5.32 Å². The summed E-state index contributed by atoms with van der Waals surface area (Å²) in [5.41, 5.74) is 0. The molecule has 1 rings (SSSR count). The third-order valence-corrected chi connectivity index (χ3v) is 2.13. The molecule has 0 bridgehead atoms. The van der Waals surface area contributed by atoms with Gasteiger partial charge in [0.05, 0.1) is 0 Å². The normalized spacial score (nSPS) is 31.3. The fourth-order valence-corrected chi connectivity index (χ4v) is 1.03. The lowest BCUT2D eigenvalue weighted by molar-refractivity contribution is -0.385. The predicted molar refractivity (Wildman–Crippen MR) is 32.9 cm³/mol. The lowest BCUT2D eigenvalue weighted by atomic mass is 9.99. The fraction of sp³-hybridized carbons (Fsp3) is 0.833. The van der Waals surface area contributed by atoms with E-state index in [0.29, 0.717) is 0 Å².